The monoisotopic (exact) mass is 446 g/mol. The average Bonchev–Trinajstić information content (AvgIpc) is 2.73. The SMILES string of the molecule is Cc1ccc(NC(=O)/C(C#N)=C/c2cccc(OCc3ccc(Br)cc3)c2)cc1. The van der Waals surface area contributed by atoms with Crippen LogP contribution in [0.1, 0.15) is 16.7 Å². The van der Waals surface area contributed by atoms with E-state index in [1.54, 1.807) is 24.3 Å². The van der Waals surface area contributed by atoms with Crippen LogP contribution in [0.15, 0.2) is 82.8 Å². The van der Waals surface area contributed by atoms with Crippen molar-refractivity contribution in [3.05, 3.63) is 99.5 Å². The third-order valence-corrected chi connectivity index (χ3v) is 4.69. The summed E-state index contributed by atoms with van der Waals surface area (Å²) in [4.78, 5) is 12.4. The fraction of sp³-hybridized carbons (Fsp3) is 0.0833. The van der Waals surface area contributed by atoms with Crippen molar-refractivity contribution < 1.29 is 9.53 Å². The van der Waals surface area contributed by atoms with Gasteiger partial charge in [-0.05, 0) is 60.5 Å². The van der Waals surface area contributed by atoms with Crippen LogP contribution < -0.4 is 10.1 Å². The second-order valence-electron chi connectivity index (χ2n) is 6.48. The van der Waals surface area contributed by atoms with Crippen LogP contribution in [0.5, 0.6) is 5.75 Å². The van der Waals surface area contributed by atoms with Crippen LogP contribution in [-0.4, -0.2) is 5.91 Å². The number of amides is 1. The first-order valence-corrected chi connectivity index (χ1v) is 9.80. The van der Waals surface area contributed by atoms with Crippen LogP contribution in [0.2, 0.25) is 0 Å². The topological polar surface area (TPSA) is 62.1 Å². The Labute approximate surface area is 178 Å². The predicted molar refractivity (Wildman–Crippen MR) is 118 cm³/mol. The van der Waals surface area contributed by atoms with Crippen LogP contribution in [0.3, 0.4) is 0 Å². The lowest BCUT2D eigenvalue weighted by Gasteiger charge is -2.08. The number of hydrogen-bond acceptors (Lipinski definition) is 3. The van der Waals surface area contributed by atoms with Crippen molar-refractivity contribution in [2.24, 2.45) is 0 Å². The standard InChI is InChI=1S/C24H19BrN2O2/c1-17-5-11-22(12-6-17)27-24(28)20(15-26)13-19-3-2-4-23(14-19)29-16-18-7-9-21(25)10-8-18/h2-14H,16H2,1H3,(H,27,28)/b20-13+. The molecule has 144 valence electrons. The van der Waals surface area contributed by atoms with Gasteiger partial charge < -0.3 is 10.1 Å². The van der Waals surface area contributed by atoms with Gasteiger partial charge in [0, 0.05) is 10.2 Å². The summed E-state index contributed by atoms with van der Waals surface area (Å²) in [5, 5.41) is 12.2. The van der Waals surface area contributed by atoms with Crippen LogP contribution in [-0.2, 0) is 11.4 Å². The number of anilines is 1. The van der Waals surface area contributed by atoms with E-state index in [9.17, 15) is 10.1 Å². The van der Waals surface area contributed by atoms with Gasteiger partial charge in [-0.1, -0.05) is 57.9 Å². The molecule has 0 aliphatic carbocycles. The van der Waals surface area contributed by atoms with Gasteiger partial charge in [-0.3, -0.25) is 4.79 Å². The molecule has 0 atom stereocenters. The first-order valence-electron chi connectivity index (χ1n) is 9.00. The maximum atomic E-state index is 12.4. The lowest BCUT2D eigenvalue weighted by atomic mass is 10.1. The number of nitrogens with zero attached hydrogens (tertiary/aromatic N) is 1. The predicted octanol–water partition coefficient (Wildman–Crippen LogP) is 5.88. The van der Waals surface area contributed by atoms with E-state index in [1.165, 1.54) is 0 Å². The summed E-state index contributed by atoms with van der Waals surface area (Å²) >= 11 is 3.41. The van der Waals surface area contributed by atoms with E-state index in [0.29, 0.717) is 23.6 Å². The molecule has 0 heterocycles. The van der Waals surface area contributed by atoms with E-state index in [-0.39, 0.29) is 5.57 Å². The number of aryl methyl sites for hydroxylation is 1. The fourth-order valence-electron chi connectivity index (χ4n) is 2.59. The van der Waals surface area contributed by atoms with Crippen molar-refractivity contribution in [2.75, 3.05) is 5.32 Å². The van der Waals surface area contributed by atoms with Gasteiger partial charge >= 0.3 is 0 Å². The highest BCUT2D eigenvalue weighted by Crippen LogP contribution is 2.19. The van der Waals surface area contributed by atoms with E-state index >= 15 is 0 Å². The van der Waals surface area contributed by atoms with Gasteiger partial charge in [-0.2, -0.15) is 5.26 Å². The number of rotatable bonds is 6. The largest absolute Gasteiger partial charge is 0.489 e. The molecule has 3 rings (SSSR count). The second-order valence-corrected chi connectivity index (χ2v) is 7.39. The zero-order chi connectivity index (χ0) is 20.6. The summed E-state index contributed by atoms with van der Waals surface area (Å²) in [5.74, 6) is 0.218. The third-order valence-electron chi connectivity index (χ3n) is 4.16. The van der Waals surface area contributed by atoms with Gasteiger partial charge in [0.1, 0.15) is 24.0 Å². The number of carbonyl (C=O) groups is 1. The van der Waals surface area contributed by atoms with Crippen molar-refractivity contribution in [1.29, 1.82) is 5.26 Å². The number of carbonyl (C=O) groups excluding carboxylic acids is 1. The fourth-order valence-corrected chi connectivity index (χ4v) is 2.86. The molecule has 0 saturated carbocycles. The summed E-state index contributed by atoms with van der Waals surface area (Å²) in [6.07, 6.45) is 1.55. The Bertz CT molecular complexity index is 1070. The Morgan fingerprint density at radius 3 is 2.52 bits per heavy atom. The first-order chi connectivity index (χ1) is 14.0. The van der Waals surface area contributed by atoms with Crippen molar-refractivity contribution in [1.82, 2.24) is 0 Å². The van der Waals surface area contributed by atoms with Gasteiger partial charge in [-0.15, -0.1) is 0 Å². The molecule has 1 N–H and O–H groups in total. The maximum absolute atomic E-state index is 12.4. The Balaban J connectivity index is 1.69. The van der Waals surface area contributed by atoms with E-state index < -0.39 is 5.91 Å². The van der Waals surface area contributed by atoms with Crippen molar-refractivity contribution in [3.8, 4) is 11.8 Å². The molecule has 4 nitrogen and oxygen atoms in total. The Morgan fingerprint density at radius 2 is 1.83 bits per heavy atom. The lowest BCUT2D eigenvalue weighted by Crippen LogP contribution is -2.13. The quantitative estimate of drug-likeness (QED) is 0.379. The summed E-state index contributed by atoms with van der Waals surface area (Å²) in [5.41, 5.74) is 3.53. The molecular formula is C24H19BrN2O2. The molecule has 1 amide bonds. The number of benzene rings is 3. The molecule has 29 heavy (non-hydrogen) atoms. The molecule has 0 radical (unpaired) electrons. The van der Waals surface area contributed by atoms with Gasteiger partial charge in [0.05, 0.1) is 0 Å². The van der Waals surface area contributed by atoms with Crippen LogP contribution in [0, 0.1) is 18.3 Å². The van der Waals surface area contributed by atoms with Gasteiger partial charge in [-0.25, -0.2) is 0 Å². The lowest BCUT2D eigenvalue weighted by molar-refractivity contribution is -0.112. The highest BCUT2D eigenvalue weighted by molar-refractivity contribution is 9.10. The molecule has 0 aromatic heterocycles. The average molecular weight is 447 g/mol. The molecule has 3 aromatic carbocycles. The summed E-state index contributed by atoms with van der Waals surface area (Å²) in [6, 6.07) is 24.6. The molecule has 3 aromatic rings. The second kappa shape index (κ2) is 9.72. The Kier molecular flexibility index (Phi) is 6.83. The Morgan fingerprint density at radius 1 is 1.10 bits per heavy atom. The van der Waals surface area contributed by atoms with E-state index in [4.69, 9.17) is 4.74 Å². The first kappa shape index (κ1) is 20.4. The minimum Gasteiger partial charge on any atom is -0.489 e. The van der Waals surface area contributed by atoms with Crippen LogP contribution in [0.25, 0.3) is 6.08 Å². The molecule has 0 aliphatic rings. The van der Waals surface area contributed by atoms with Crippen LogP contribution in [0.4, 0.5) is 5.69 Å². The third kappa shape index (κ3) is 6.06. The molecular weight excluding hydrogens is 428 g/mol. The minimum absolute atomic E-state index is 0.0237. The molecule has 0 fully saturated rings. The summed E-state index contributed by atoms with van der Waals surface area (Å²) in [6.45, 7) is 2.40. The van der Waals surface area contributed by atoms with Crippen molar-refractivity contribution in [2.45, 2.75) is 13.5 Å². The van der Waals surface area contributed by atoms with Gasteiger partial charge in [0.2, 0.25) is 0 Å². The molecule has 0 aliphatic heterocycles. The van der Waals surface area contributed by atoms with E-state index in [1.807, 2.05) is 67.6 Å². The highest BCUT2D eigenvalue weighted by atomic mass is 79.9. The van der Waals surface area contributed by atoms with Gasteiger partial charge in [0.25, 0.3) is 5.91 Å². The smallest absolute Gasteiger partial charge is 0.266 e. The van der Waals surface area contributed by atoms with Gasteiger partial charge in [0.15, 0.2) is 0 Å². The molecule has 5 heteroatoms. The highest BCUT2D eigenvalue weighted by Gasteiger charge is 2.10. The number of hydrogen-bond donors (Lipinski definition) is 1. The van der Waals surface area contributed by atoms with E-state index in [2.05, 4.69) is 21.2 Å². The normalized spacial score (nSPS) is 10.9. The molecule has 0 unspecified atom stereocenters. The van der Waals surface area contributed by atoms with E-state index in [0.717, 1.165) is 15.6 Å². The molecule has 0 bridgehead atoms. The van der Waals surface area contributed by atoms with Crippen molar-refractivity contribution >= 4 is 33.6 Å². The molecule has 0 spiro atoms. The molecule has 0 saturated heterocycles. The summed E-state index contributed by atoms with van der Waals surface area (Å²) < 4.78 is 6.84. The number of nitrogens with one attached hydrogen (secondary N) is 1. The van der Waals surface area contributed by atoms with Crippen LogP contribution >= 0.6 is 15.9 Å². The number of ether oxygens (including phenoxy) is 1. The maximum Gasteiger partial charge on any atom is 0.266 e. The number of halogens is 1. The number of nitriles is 1. The zero-order valence-electron chi connectivity index (χ0n) is 15.9. The van der Waals surface area contributed by atoms with Crippen molar-refractivity contribution in [3.63, 3.8) is 0 Å². The minimum atomic E-state index is -0.447. The zero-order valence-corrected chi connectivity index (χ0v) is 17.4. The Hall–Kier alpha value is -3.36. The summed E-state index contributed by atoms with van der Waals surface area (Å²) in [7, 11) is 0.